The van der Waals surface area contributed by atoms with Crippen molar-refractivity contribution in [3.63, 3.8) is 0 Å². The summed E-state index contributed by atoms with van der Waals surface area (Å²) in [6, 6.07) is 80.8. The summed E-state index contributed by atoms with van der Waals surface area (Å²) in [6.07, 6.45) is 0. The SMILES string of the molecule is CC1(C)c2ccccc2-c2c(N(c3ccc4c5ccccc5n(-c5ccccc5)c4c3)c3ccc4c5c(cccc35)C3(c5ccccc5Oc5ccccc53)c3ccccc3-4)cccc21. The van der Waals surface area contributed by atoms with Crippen molar-refractivity contribution in [2.45, 2.75) is 24.7 Å². The summed E-state index contributed by atoms with van der Waals surface area (Å²) < 4.78 is 9.19. The lowest BCUT2D eigenvalue weighted by Crippen LogP contribution is -2.36. The van der Waals surface area contributed by atoms with E-state index in [1.165, 1.54) is 77.1 Å². The van der Waals surface area contributed by atoms with Crippen molar-refractivity contribution in [1.29, 1.82) is 0 Å². The van der Waals surface area contributed by atoms with Crippen LogP contribution < -0.4 is 9.64 Å². The Hall–Kier alpha value is -8.14. The molecule has 0 fully saturated rings. The van der Waals surface area contributed by atoms with E-state index in [2.05, 4.69) is 242 Å². The Balaban J connectivity index is 1.12. The minimum absolute atomic E-state index is 0.169. The highest BCUT2D eigenvalue weighted by atomic mass is 16.5. The van der Waals surface area contributed by atoms with E-state index in [1.54, 1.807) is 0 Å². The van der Waals surface area contributed by atoms with Crippen LogP contribution in [-0.2, 0) is 10.8 Å². The Morgan fingerprint density at radius 3 is 1.80 bits per heavy atom. The molecule has 0 unspecified atom stereocenters. The molecule has 3 aliphatic rings. The van der Waals surface area contributed by atoms with Gasteiger partial charge in [0.1, 0.15) is 11.5 Å². The van der Waals surface area contributed by atoms with E-state index in [0.717, 1.165) is 45.4 Å². The van der Waals surface area contributed by atoms with Gasteiger partial charge in [-0.3, -0.25) is 0 Å². The molecule has 1 spiro atoms. The Kier molecular flexibility index (Phi) is 7.38. The second-order valence-electron chi connectivity index (χ2n) is 18.3. The van der Waals surface area contributed by atoms with Gasteiger partial charge in [0.2, 0.25) is 0 Å². The highest BCUT2D eigenvalue weighted by Crippen LogP contribution is 2.62. The van der Waals surface area contributed by atoms with Crippen LogP contribution in [0.4, 0.5) is 17.1 Å². The molecule has 0 radical (unpaired) electrons. The molecule has 0 saturated heterocycles. The van der Waals surface area contributed by atoms with Gasteiger partial charge >= 0.3 is 0 Å². The number of anilines is 3. The smallest absolute Gasteiger partial charge is 0.132 e. The number of hydrogen-bond donors (Lipinski definition) is 0. The highest BCUT2D eigenvalue weighted by Gasteiger charge is 2.49. The standard InChI is InChI=1S/C62H42N2O/c1-61(2)47-24-9-7-22-45(47)60-51(61)28-17-31-55(60)64(40-34-35-43-42-21-8-13-30-53(42)63(56(43)38-40)39-18-4-3-5-19-39)54-37-36-44-41-20-6-10-25-48(41)62(52-29-16-23-46(54)59(44)52)49-26-11-14-32-57(49)65-58-33-15-12-27-50(58)62/h3-38H,1-2H3. The number of benzene rings is 10. The van der Waals surface area contributed by atoms with E-state index < -0.39 is 5.41 Å². The first kappa shape index (κ1) is 36.4. The molecule has 0 amide bonds. The Morgan fingerprint density at radius 1 is 0.400 bits per heavy atom. The highest BCUT2D eigenvalue weighted by molar-refractivity contribution is 6.14. The minimum Gasteiger partial charge on any atom is -0.457 e. The Bertz CT molecular complexity index is 3750. The number of para-hydroxylation sites is 4. The van der Waals surface area contributed by atoms with Gasteiger partial charge in [-0.1, -0.05) is 178 Å². The van der Waals surface area contributed by atoms with Crippen molar-refractivity contribution in [1.82, 2.24) is 4.57 Å². The second-order valence-corrected chi connectivity index (χ2v) is 18.3. The summed E-state index contributed by atoms with van der Waals surface area (Å²) in [4.78, 5) is 2.56. The van der Waals surface area contributed by atoms with Crippen LogP contribution in [0.15, 0.2) is 218 Å². The zero-order valence-corrected chi connectivity index (χ0v) is 36.1. The molecule has 0 bridgehead atoms. The van der Waals surface area contributed by atoms with Crippen LogP contribution in [0.3, 0.4) is 0 Å². The third-order valence-electron chi connectivity index (χ3n) is 14.8. The van der Waals surface area contributed by atoms with Gasteiger partial charge in [0.15, 0.2) is 0 Å². The quantitative estimate of drug-likeness (QED) is 0.176. The van der Waals surface area contributed by atoms with Gasteiger partial charge in [0.05, 0.1) is 27.8 Å². The van der Waals surface area contributed by atoms with Crippen molar-refractivity contribution in [2.75, 3.05) is 4.90 Å². The van der Waals surface area contributed by atoms with Crippen molar-refractivity contribution in [3.05, 3.63) is 252 Å². The normalized spacial score (nSPS) is 14.4. The number of hydrogen-bond acceptors (Lipinski definition) is 2. The van der Waals surface area contributed by atoms with Crippen LogP contribution >= 0.6 is 0 Å². The molecule has 0 N–H and O–H groups in total. The molecule has 3 heteroatoms. The third-order valence-corrected chi connectivity index (χ3v) is 14.8. The topological polar surface area (TPSA) is 17.4 Å². The zero-order valence-electron chi connectivity index (χ0n) is 36.1. The van der Waals surface area contributed by atoms with Crippen LogP contribution in [-0.4, -0.2) is 4.57 Å². The lowest BCUT2D eigenvalue weighted by molar-refractivity contribution is 0.435. The molecular formula is C62H42N2O. The number of nitrogens with zero attached hydrogens (tertiary/aromatic N) is 2. The number of rotatable bonds is 4. The zero-order chi connectivity index (χ0) is 43.0. The molecule has 10 aromatic carbocycles. The maximum absolute atomic E-state index is 6.76. The van der Waals surface area contributed by atoms with Crippen LogP contribution in [0.1, 0.15) is 47.2 Å². The molecule has 2 aliphatic carbocycles. The van der Waals surface area contributed by atoms with Crippen molar-refractivity contribution < 1.29 is 4.74 Å². The molecule has 2 heterocycles. The molecule has 306 valence electrons. The van der Waals surface area contributed by atoms with Gasteiger partial charge in [-0.05, 0) is 98.9 Å². The number of aromatic nitrogens is 1. The van der Waals surface area contributed by atoms with Gasteiger partial charge in [-0.25, -0.2) is 0 Å². The molecule has 0 atom stereocenters. The van der Waals surface area contributed by atoms with Gasteiger partial charge in [-0.15, -0.1) is 0 Å². The summed E-state index contributed by atoms with van der Waals surface area (Å²) in [7, 11) is 0. The fourth-order valence-corrected chi connectivity index (χ4v) is 12.2. The fourth-order valence-electron chi connectivity index (χ4n) is 12.2. The predicted molar refractivity (Wildman–Crippen MR) is 268 cm³/mol. The minimum atomic E-state index is -0.621. The summed E-state index contributed by atoms with van der Waals surface area (Å²) in [5.74, 6) is 1.78. The van der Waals surface area contributed by atoms with Gasteiger partial charge in [0.25, 0.3) is 0 Å². The number of fused-ring (bicyclic) bond motifs is 14. The first-order chi connectivity index (χ1) is 32.0. The molecule has 14 rings (SSSR count). The van der Waals surface area contributed by atoms with Crippen LogP contribution in [0.5, 0.6) is 11.5 Å². The van der Waals surface area contributed by atoms with E-state index in [-0.39, 0.29) is 5.41 Å². The van der Waals surface area contributed by atoms with Gasteiger partial charge in [-0.2, -0.15) is 0 Å². The summed E-state index contributed by atoms with van der Waals surface area (Å²) in [5.41, 5.74) is 18.7. The van der Waals surface area contributed by atoms with Crippen LogP contribution in [0.25, 0.3) is 60.5 Å². The van der Waals surface area contributed by atoms with E-state index in [1.807, 2.05) is 0 Å². The van der Waals surface area contributed by atoms with E-state index in [0.29, 0.717) is 0 Å². The van der Waals surface area contributed by atoms with Crippen LogP contribution in [0.2, 0.25) is 0 Å². The average Bonchev–Trinajstić information content (AvgIpc) is 3.81. The van der Waals surface area contributed by atoms with E-state index in [9.17, 15) is 0 Å². The average molecular weight is 831 g/mol. The predicted octanol–water partition coefficient (Wildman–Crippen LogP) is 16.2. The summed E-state index contributed by atoms with van der Waals surface area (Å²) in [5, 5.41) is 4.92. The molecule has 11 aromatic rings. The maximum Gasteiger partial charge on any atom is 0.132 e. The van der Waals surface area contributed by atoms with Gasteiger partial charge < -0.3 is 14.2 Å². The molecule has 0 saturated carbocycles. The van der Waals surface area contributed by atoms with Crippen molar-refractivity contribution in [2.24, 2.45) is 0 Å². The third kappa shape index (κ3) is 4.74. The van der Waals surface area contributed by atoms with E-state index >= 15 is 0 Å². The monoisotopic (exact) mass is 830 g/mol. The first-order valence-electron chi connectivity index (χ1n) is 22.7. The van der Waals surface area contributed by atoms with Crippen LogP contribution in [0, 0.1) is 0 Å². The molecule has 3 nitrogen and oxygen atoms in total. The van der Waals surface area contributed by atoms with Crippen molar-refractivity contribution in [3.8, 4) is 39.4 Å². The Labute approximate surface area is 378 Å². The molecule has 1 aliphatic heterocycles. The van der Waals surface area contributed by atoms with Crippen molar-refractivity contribution >= 4 is 49.6 Å². The Morgan fingerprint density at radius 2 is 1.00 bits per heavy atom. The fraction of sp³-hybridized carbons (Fsp3) is 0.0645. The van der Waals surface area contributed by atoms with Gasteiger partial charge in [0, 0.05) is 49.6 Å². The largest absolute Gasteiger partial charge is 0.457 e. The lowest BCUT2D eigenvalue weighted by Gasteiger charge is -2.45. The lowest BCUT2D eigenvalue weighted by atomic mass is 9.58. The molecule has 1 aromatic heterocycles. The number of ether oxygens (including phenoxy) is 1. The van der Waals surface area contributed by atoms with E-state index in [4.69, 9.17) is 4.74 Å². The summed E-state index contributed by atoms with van der Waals surface area (Å²) >= 11 is 0. The molecule has 65 heavy (non-hydrogen) atoms. The maximum atomic E-state index is 6.76. The summed E-state index contributed by atoms with van der Waals surface area (Å²) in [6.45, 7) is 4.75. The first-order valence-corrected chi connectivity index (χ1v) is 22.7. The second kappa shape index (κ2) is 13.2. The molecular weight excluding hydrogens is 789 g/mol.